The van der Waals surface area contributed by atoms with Gasteiger partial charge in [-0.3, -0.25) is 4.79 Å². The van der Waals surface area contributed by atoms with E-state index in [1.807, 2.05) is 6.92 Å². The maximum absolute atomic E-state index is 13.1. The molecule has 1 nitrogen and oxygen atoms in total. The Morgan fingerprint density at radius 3 is 2.65 bits per heavy atom. The summed E-state index contributed by atoms with van der Waals surface area (Å²) in [4.78, 5) is 12.5. The Kier molecular flexibility index (Phi) is 4.16. The van der Waals surface area contributed by atoms with Crippen LogP contribution in [0, 0.1) is 18.7 Å². The number of Topliss-reactive ketones (excluding diaryl/α,β-unsaturated/α-hetero) is 1. The first-order valence-corrected chi connectivity index (χ1v) is 8.49. The highest BCUT2D eigenvalue weighted by Crippen LogP contribution is 2.44. The quantitative estimate of drug-likeness (QED) is 0.825. The van der Waals surface area contributed by atoms with E-state index in [4.69, 9.17) is 0 Å². The molecule has 2 aliphatic heterocycles. The number of halogens is 1. The van der Waals surface area contributed by atoms with Crippen molar-refractivity contribution in [2.24, 2.45) is 5.92 Å². The van der Waals surface area contributed by atoms with E-state index in [2.05, 4.69) is 11.8 Å². The molecule has 2 saturated heterocycles. The van der Waals surface area contributed by atoms with Crippen LogP contribution in [-0.4, -0.2) is 16.3 Å². The van der Waals surface area contributed by atoms with Crippen molar-refractivity contribution < 1.29 is 9.18 Å². The molecule has 108 valence electrons. The molecule has 0 radical (unpaired) electrons. The highest BCUT2D eigenvalue weighted by Gasteiger charge is 2.35. The lowest BCUT2D eigenvalue weighted by molar-refractivity contribution is -0.122. The molecule has 1 aromatic carbocycles. The van der Waals surface area contributed by atoms with Gasteiger partial charge in [0, 0.05) is 22.8 Å². The molecule has 2 aliphatic rings. The van der Waals surface area contributed by atoms with Crippen molar-refractivity contribution in [1.82, 2.24) is 0 Å². The van der Waals surface area contributed by atoms with Gasteiger partial charge in [-0.2, -0.15) is 11.8 Å². The normalized spacial score (nSPS) is 29.2. The Morgan fingerprint density at radius 2 is 2.00 bits per heavy atom. The molecule has 3 heteroatoms. The monoisotopic (exact) mass is 292 g/mol. The van der Waals surface area contributed by atoms with Gasteiger partial charge < -0.3 is 0 Å². The molecular formula is C17H21FOS. The minimum absolute atomic E-state index is 0.220. The van der Waals surface area contributed by atoms with Crippen LogP contribution in [0.4, 0.5) is 4.39 Å². The average Bonchev–Trinajstić information content (AvgIpc) is 2.41. The van der Waals surface area contributed by atoms with E-state index in [1.54, 1.807) is 6.07 Å². The average molecular weight is 292 g/mol. The molecule has 3 rings (SSSR count). The Hall–Kier alpha value is -0.830. The molecular weight excluding hydrogens is 271 g/mol. The molecule has 2 heterocycles. The third-order valence-electron chi connectivity index (χ3n) is 4.66. The van der Waals surface area contributed by atoms with Gasteiger partial charge in [-0.1, -0.05) is 12.5 Å². The highest BCUT2D eigenvalue weighted by molar-refractivity contribution is 8.00. The zero-order valence-corrected chi connectivity index (χ0v) is 12.7. The molecule has 0 aliphatic carbocycles. The Labute approximate surface area is 124 Å². The Bertz CT molecular complexity index is 502. The minimum Gasteiger partial charge on any atom is -0.299 e. The first-order chi connectivity index (χ1) is 9.61. The number of ketones is 1. The van der Waals surface area contributed by atoms with Gasteiger partial charge in [0.2, 0.25) is 0 Å². The minimum atomic E-state index is -0.220. The summed E-state index contributed by atoms with van der Waals surface area (Å²) >= 11 is 2.10. The van der Waals surface area contributed by atoms with Crippen LogP contribution in [0.5, 0.6) is 0 Å². The molecule has 0 amide bonds. The van der Waals surface area contributed by atoms with E-state index in [-0.39, 0.29) is 11.7 Å². The fourth-order valence-corrected chi connectivity index (χ4v) is 5.35. The zero-order chi connectivity index (χ0) is 14.1. The van der Waals surface area contributed by atoms with Crippen LogP contribution >= 0.6 is 11.8 Å². The van der Waals surface area contributed by atoms with E-state index in [9.17, 15) is 9.18 Å². The second-order valence-electron chi connectivity index (χ2n) is 6.19. The predicted octanol–water partition coefficient (Wildman–Crippen LogP) is 4.31. The predicted molar refractivity (Wildman–Crippen MR) is 81.6 cm³/mol. The van der Waals surface area contributed by atoms with E-state index in [0.717, 1.165) is 24.0 Å². The smallest absolute Gasteiger partial charge is 0.140 e. The molecule has 0 spiro atoms. The third kappa shape index (κ3) is 3.08. The first-order valence-electron chi connectivity index (χ1n) is 7.55. The van der Waals surface area contributed by atoms with Crippen molar-refractivity contribution in [3.8, 4) is 0 Å². The topological polar surface area (TPSA) is 17.1 Å². The first kappa shape index (κ1) is 14.1. The van der Waals surface area contributed by atoms with Gasteiger partial charge in [-0.15, -0.1) is 0 Å². The SMILES string of the molecule is Cc1cc(F)ccc1CC(=O)C1CC2CCCC(C1)S2. The van der Waals surface area contributed by atoms with Crippen LogP contribution in [0.1, 0.15) is 43.2 Å². The summed E-state index contributed by atoms with van der Waals surface area (Å²) in [5.41, 5.74) is 1.88. The van der Waals surface area contributed by atoms with Crippen LogP contribution in [0.15, 0.2) is 18.2 Å². The number of thioether (sulfide) groups is 1. The van der Waals surface area contributed by atoms with E-state index < -0.39 is 0 Å². The molecule has 2 unspecified atom stereocenters. The third-order valence-corrected chi connectivity index (χ3v) is 6.28. The summed E-state index contributed by atoms with van der Waals surface area (Å²) in [6.07, 6.45) is 6.47. The van der Waals surface area contributed by atoms with Crippen LogP contribution in [0.3, 0.4) is 0 Å². The number of fused-ring (bicyclic) bond motifs is 2. The highest BCUT2D eigenvalue weighted by atomic mass is 32.2. The Balaban J connectivity index is 1.67. The second kappa shape index (κ2) is 5.88. The van der Waals surface area contributed by atoms with Gasteiger partial charge >= 0.3 is 0 Å². The van der Waals surface area contributed by atoms with Crippen molar-refractivity contribution >= 4 is 17.5 Å². The molecule has 0 N–H and O–H groups in total. The van der Waals surface area contributed by atoms with E-state index in [0.29, 0.717) is 22.7 Å². The number of benzene rings is 1. The van der Waals surface area contributed by atoms with Crippen LogP contribution < -0.4 is 0 Å². The molecule has 0 saturated carbocycles. The number of carbonyl (C=O) groups is 1. The fraction of sp³-hybridized carbons (Fsp3) is 0.588. The number of rotatable bonds is 3. The van der Waals surface area contributed by atoms with Crippen molar-refractivity contribution in [3.63, 3.8) is 0 Å². The van der Waals surface area contributed by atoms with Crippen LogP contribution in [0.2, 0.25) is 0 Å². The number of aryl methyl sites for hydroxylation is 1. The van der Waals surface area contributed by atoms with E-state index in [1.165, 1.54) is 31.4 Å². The lowest BCUT2D eigenvalue weighted by Crippen LogP contribution is -2.33. The van der Waals surface area contributed by atoms with Gasteiger partial charge in [0.25, 0.3) is 0 Å². The molecule has 2 bridgehead atoms. The van der Waals surface area contributed by atoms with Gasteiger partial charge in [0.05, 0.1) is 0 Å². The molecule has 2 fully saturated rings. The van der Waals surface area contributed by atoms with Crippen molar-refractivity contribution in [2.45, 2.75) is 55.9 Å². The summed E-state index contributed by atoms with van der Waals surface area (Å²) in [7, 11) is 0. The summed E-state index contributed by atoms with van der Waals surface area (Å²) in [6.45, 7) is 1.89. The van der Waals surface area contributed by atoms with Crippen LogP contribution in [-0.2, 0) is 11.2 Å². The molecule has 2 atom stereocenters. The van der Waals surface area contributed by atoms with Crippen LogP contribution in [0.25, 0.3) is 0 Å². The molecule has 0 aromatic heterocycles. The van der Waals surface area contributed by atoms with Crippen molar-refractivity contribution in [2.75, 3.05) is 0 Å². The van der Waals surface area contributed by atoms with Gasteiger partial charge in [0.15, 0.2) is 0 Å². The number of carbonyl (C=O) groups excluding carboxylic acids is 1. The fourth-order valence-electron chi connectivity index (χ4n) is 3.51. The summed E-state index contributed by atoms with van der Waals surface area (Å²) in [5.74, 6) is 0.371. The standard InChI is InChI=1S/C17H21FOS/c1-11-7-14(18)6-5-12(11)10-17(19)13-8-15-3-2-4-16(9-13)20-15/h5-7,13,15-16H,2-4,8-10H2,1H3. The van der Waals surface area contributed by atoms with Crippen molar-refractivity contribution in [3.05, 3.63) is 35.1 Å². The molecule has 20 heavy (non-hydrogen) atoms. The largest absolute Gasteiger partial charge is 0.299 e. The van der Waals surface area contributed by atoms with E-state index >= 15 is 0 Å². The summed E-state index contributed by atoms with van der Waals surface area (Å²) in [5, 5.41) is 1.40. The van der Waals surface area contributed by atoms with Gasteiger partial charge in [0.1, 0.15) is 11.6 Å². The Morgan fingerprint density at radius 1 is 1.30 bits per heavy atom. The summed E-state index contributed by atoms with van der Waals surface area (Å²) < 4.78 is 13.1. The van der Waals surface area contributed by atoms with Gasteiger partial charge in [-0.25, -0.2) is 4.39 Å². The zero-order valence-electron chi connectivity index (χ0n) is 11.9. The maximum Gasteiger partial charge on any atom is 0.140 e. The van der Waals surface area contributed by atoms with Gasteiger partial charge in [-0.05, 0) is 55.9 Å². The number of hydrogen-bond donors (Lipinski definition) is 0. The maximum atomic E-state index is 13.1. The van der Waals surface area contributed by atoms with Crippen molar-refractivity contribution in [1.29, 1.82) is 0 Å². The summed E-state index contributed by atoms with van der Waals surface area (Å²) in [6, 6.07) is 4.75. The lowest BCUT2D eigenvalue weighted by atomic mass is 9.84. The number of hydrogen-bond acceptors (Lipinski definition) is 2. The molecule has 1 aromatic rings. The lowest BCUT2D eigenvalue weighted by Gasteiger charge is -2.38. The second-order valence-corrected chi connectivity index (χ2v) is 7.80.